The zero-order valence-electron chi connectivity index (χ0n) is 20.4. The van der Waals surface area contributed by atoms with Crippen molar-refractivity contribution >= 4 is 17.8 Å². The van der Waals surface area contributed by atoms with Gasteiger partial charge < -0.3 is 14.1 Å². The lowest BCUT2D eigenvalue weighted by atomic mass is 10.2. The fourth-order valence-corrected chi connectivity index (χ4v) is 4.29. The number of hydrogen-bond donors (Lipinski definition) is 1. The third-order valence-electron chi connectivity index (χ3n) is 6.26. The van der Waals surface area contributed by atoms with Crippen molar-refractivity contribution in [3.63, 3.8) is 0 Å². The summed E-state index contributed by atoms with van der Waals surface area (Å²) in [6.45, 7) is 2.35. The second kappa shape index (κ2) is 10.8. The van der Waals surface area contributed by atoms with Gasteiger partial charge in [0.2, 0.25) is 11.9 Å². The van der Waals surface area contributed by atoms with E-state index in [4.69, 9.17) is 9.15 Å². The minimum Gasteiger partial charge on any atom is -0.459 e. The van der Waals surface area contributed by atoms with Crippen LogP contribution in [0.1, 0.15) is 29.0 Å². The Morgan fingerprint density at radius 3 is 2.70 bits per heavy atom. The highest BCUT2D eigenvalue weighted by Crippen LogP contribution is 2.25. The van der Waals surface area contributed by atoms with Gasteiger partial charge in [-0.3, -0.25) is 19.5 Å². The Balaban J connectivity index is 1.42. The van der Waals surface area contributed by atoms with Gasteiger partial charge in [0.05, 0.1) is 23.7 Å². The molecular formula is C28H27FN4O4. The van der Waals surface area contributed by atoms with Crippen LogP contribution in [-0.2, 0) is 9.53 Å². The number of ether oxygens (including phenoxy) is 1. The Morgan fingerprint density at radius 2 is 2.00 bits per heavy atom. The molecule has 190 valence electrons. The maximum atomic E-state index is 14.4. The molecule has 1 N–H and O–H groups in total. The standard InChI is InChI=1S/C28H27FN4O4/c1-19-11-12-21(15-23(19)29)33-17-24(20-7-3-2-4-8-20)30-28(33)31-26(34)18-32(16-22-9-5-13-36-22)27(35)25-10-6-14-37-25/h2-4,6-8,10-12,14-15,17,22H,5,9,13,16,18H2,1H3,(H,30,31,34). The van der Waals surface area contributed by atoms with Crippen LogP contribution in [0.2, 0.25) is 0 Å². The number of benzene rings is 2. The van der Waals surface area contributed by atoms with Crippen molar-refractivity contribution in [2.45, 2.75) is 25.9 Å². The first-order valence-electron chi connectivity index (χ1n) is 12.1. The molecule has 0 saturated carbocycles. The first-order valence-corrected chi connectivity index (χ1v) is 12.1. The van der Waals surface area contributed by atoms with Crippen LogP contribution >= 0.6 is 0 Å². The molecule has 1 unspecified atom stereocenters. The molecule has 8 nitrogen and oxygen atoms in total. The molecule has 5 rings (SSSR count). The van der Waals surface area contributed by atoms with Crippen molar-refractivity contribution in [1.82, 2.24) is 14.5 Å². The Morgan fingerprint density at radius 1 is 1.16 bits per heavy atom. The third kappa shape index (κ3) is 5.62. The normalized spacial score (nSPS) is 15.0. The maximum absolute atomic E-state index is 14.4. The number of anilines is 1. The van der Waals surface area contributed by atoms with Crippen LogP contribution in [0.5, 0.6) is 0 Å². The summed E-state index contributed by atoms with van der Waals surface area (Å²) in [5, 5.41) is 2.81. The second-order valence-electron chi connectivity index (χ2n) is 8.97. The van der Waals surface area contributed by atoms with Crippen molar-refractivity contribution in [3.8, 4) is 16.9 Å². The van der Waals surface area contributed by atoms with Gasteiger partial charge in [-0.15, -0.1) is 0 Å². The zero-order valence-corrected chi connectivity index (χ0v) is 20.4. The van der Waals surface area contributed by atoms with E-state index in [1.54, 1.807) is 42.0 Å². The predicted molar refractivity (Wildman–Crippen MR) is 136 cm³/mol. The number of carbonyl (C=O) groups excluding carboxylic acids is 2. The summed E-state index contributed by atoms with van der Waals surface area (Å²) in [7, 11) is 0. The van der Waals surface area contributed by atoms with Crippen molar-refractivity contribution in [2.75, 3.05) is 25.0 Å². The highest BCUT2D eigenvalue weighted by atomic mass is 19.1. The van der Waals surface area contributed by atoms with Crippen LogP contribution in [0, 0.1) is 12.7 Å². The molecule has 2 amide bonds. The average Bonchev–Trinajstić information content (AvgIpc) is 3.68. The number of nitrogens with zero attached hydrogens (tertiary/aromatic N) is 3. The molecule has 1 aliphatic heterocycles. The lowest BCUT2D eigenvalue weighted by Crippen LogP contribution is -2.42. The van der Waals surface area contributed by atoms with Crippen molar-refractivity contribution in [1.29, 1.82) is 0 Å². The number of halogens is 1. The van der Waals surface area contributed by atoms with E-state index in [0.717, 1.165) is 18.4 Å². The van der Waals surface area contributed by atoms with Gasteiger partial charge in [-0.1, -0.05) is 36.4 Å². The van der Waals surface area contributed by atoms with Crippen molar-refractivity contribution < 1.29 is 23.1 Å². The summed E-state index contributed by atoms with van der Waals surface area (Å²) in [6.07, 6.45) is 4.74. The molecule has 0 bridgehead atoms. The summed E-state index contributed by atoms with van der Waals surface area (Å²) in [5.74, 6) is -0.846. The van der Waals surface area contributed by atoms with Crippen LogP contribution in [0.3, 0.4) is 0 Å². The molecule has 9 heteroatoms. The van der Waals surface area contributed by atoms with E-state index in [-0.39, 0.29) is 36.7 Å². The predicted octanol–water partition coefficient (Wildman–Crippen LogP) is 4.84. The van der Waals surface area contributed by atoms with Gasteiger partial charge in [0, 0.05) is 24.9 Å². The van der Waals surface area contributed by atoms with Crippen LogP contribution in [-0.4, -0.2) is 52.1 Å². The molecule has 3 heterocycles. The quantitative estimate of drug-likeness (QED) is 0.372. The Bertz CT molecular complexity index is 1380. The number of hydrogen-bond acceptors (Lipinski definition) is 5. The molecule has 2 aromatic heterocycles. The molecule has 1 aliphatic rings. The molecule has 4 aromatic rings. The number of imidazole rings is 1. The minimum absolute atomic E-state index is 0.145. The van der Waals surface area contributed by atoms with Crippen LogP contribution < -0.4 is 5.32 Å². The van der Waals surface area contributed by atoms with Crippen molar-refractivity contribution in [2.24, 2.45) is 0 Å². The minimum atomic E-state index is -0.447. The molecule has 2 aromatic carbocycles. The molecule has 0 radical (unpaired) electrons. The summed E-state index contributed by atoms with van der Waals surface area (Å²) in [4.78, 5) is 32.3. The van der Waals surface area contributed by atoms with Gasteiger partial charge in [-0.2, -0.15) is 0 Å². The maximum Gasteiger partial charge on any atom is 0.290 e. The fraction of sp³-hybridized carbons (Fsp3) is 0.250. The molecular weight excluding hydrogens is 475 g/mol. The lowest BCUT2D eigenvalue weighted by Gasteiger charge is -2.24. The van der Waals surface area contributed by atoms with E-state index in [9.17, 15) is 14.0 Å². The number of amides is 2. The first-order chi connectivity index (χ1) is 18.0. The summed E-state index contributed by atoms with van der Waals surface area (Å²) in [6, 6.07) is 17.5. The average molecular weight is 503 g/mol. The van der Waals surface area contributed by atoms with E-state index in [1.807, 2.05) is 30.3 Å². The molecule has 1 saturated heterocycles. The number of nitrogens with one attached hydrogen (secondary N) is 1. The molecule has 37 heavy (non-hydrogen) atoms. The Hall–Kier alpha value is -4.24. The fourth-order valence-electron chi connectivity index (χ4n) is 4.29. The van der Waals surface area contributed by atoms with Gasteiger partial charge in [0.15, 0.2) is 5.76 Å². The number of furan rings is 1. The Labute approximate surface area is 213 Å². The van der Waals surface area contributed by atoms with Crippen LogP contribution in [0.15, 0.2) is 77.5 Å². The first kappa shape index (κ1) is 24.5. The van der Waals surface area contributed by atoms with E-state index < -0.39 is 11.8 Å². The van der Waals surface area contributed by atoms with E-state index in [2.05, 4.69) is 10.3 Å². The number of carbonyl (C=O) groups is 2. The molecule has 1 fully saturated rings. The van der Waals surface area contributed by atoms with Crippen LogP contribution in [0.25, 0.3) is 16.9 Å². The highest BCUT2D eigenvalue weighted by Gasteiger charge is 2.27. The largest absolute Gasteiger partial charge is 0.459 e. The molecule has 0 spiro atoms. The number of aryl methyl sites for hydroxylation is 1. The van der Waals surface area contributed by atoms with Crippen LogP contribution in [0.4, 0.5) is 10.3 Å². The SMILES string of the molecule is Cc1ccc(-n2cc(-c3ccccc3)nc2NC(=O)CN(CC2CCCO2)C(=O)c2ccco2)cc1F. The topological polar surface area (TPSA) is 89.6 Å². The molecule has 0 aliphatic carbocycles. The second-order valence-corrected chi connectivity index (χ2v) is 8.97. The Kier molecular flexibility index (Phi) is 7.14. The zero-order chi connectivity index (χ0) is 25.8. The summed E-state index contributed by atoms with van der Waals surface area (Å²) < 4.78 is 27.0. The van der Waals surface area contributed by atoms with Crippen molar-refractivity contribution in [3.05, 3.63) is 90.3 Å². The van der Waals surface area contributed by atoms with E-state index in [0.29, 0.717) is 23.6 Å². The van der Waals surface area contributed by atoms with Gasteiger partial charge in [0.1, 0.15) is 12.4 Å². The highest BCUT2D eigenvalue weighted by molar-refractivity contribution is 5.97. The number of rotatable bonds is 8. The third-order valence-corrected chi connectivity index (χ3v) is 6.26. The van der Waals surface area contributed by atoms with Gasteiger partial charge in [-0.25, -0.2) is 9.37 Å². The monoisotopic (exact) mass is 502 g/mol. The van der Waals surface area contributed by atoms with Gasteiger partial charge in [0.25, 0.3) is 5.91 Å². The summed E-state index contributed by atoms with van der Waals surface area (Å²) >= 11 is 0. The summed E-state index contributed by atoms with van der Waals surface area (Å²) in [5.41, 5.74) is 2.48. The lowest BCUT2D eigenvalue weighted by molar-refractivity contribution is -0.117. The van der Waals surface area contributed by atoms with Gasteiger partial charge >= 0.3 is 0 Å². The number of aromatic nitrogens is 2. The van der Waals surface area contributed by atoms with Gasteiger partial charge in [-0.05, 0) is 49.6 Å². The molecule has 1 atom stereocenters. The van der Waals surface area contributed by atoms with E-state index >= 15 is 0 Å². The van der Waals surface area contributed by atoms with E-state index in [1.165, 1.54) is 17.2 Å². The smallest absolute Gasteiger partial charge is 0.290 e.